The fourth-order valence-electron chi connectivity index (χ4n) is 4.76. The molecule has 0 radical (unpaired) electrons. The number of rotatable bonds is 4. The summed E-state index contributed by atoms with van der Waals surface area (Å²) in [4.78, 5) is 54.2. The molecular formula is C27H18Cl4N2O5. The highest BCUT2D eigenvalue weighted by atomic mass is 35.5. The van der Waals surface area contributed by atoms with Crippen LogP contribution in [0.2, 0.25) is 20.1 Å². The summed E-state index contributed by atoms with van der Waals surface area (Å²) in [6.45, 7) is 4.05. The Morgan fingerprint density at radius 2 is 1.34 bits per heavy atom. The van der Waals surface area contributed by atoms with Crippen LogP contribution in [0.1, 0.15) is 38.3 Å². The first-order valence-corrected chi connectivity index (χ1v) is 13.0. The lowest BCUT2D eigenvalue weighted by molar-refractivity contribution is -0.139. The number of benzene rings is 3. The van der Waals surface area contributed by atoms with Crippen LogP contribution >= 0.6 is 46.4 Å². The second-order valence-electron chi connectivity index (χ2n) is 9.01. The number of hydrogen-bond donors (Lipinski definition) is 0. The largest absolute Gasteiger partial charge is 0.426 e. The lowest BCUT2D eigenvalue weighted by atomic mass is 10.1. The second-order valence-corrected chi connectivity index (χ2v) is 10.5. The van der Waals surface area contributed by atoms with Gasteiger partial charge in [-0.25, -0.2) is 4.90 Å². The maximum atomic E-state index is 13.0. The van der Waals surface area contributed by atoms with Crippen molar-refractivity contribution in [2.75, 3.05) is 16.3 Å². The highest BCUT2D eigenvalue weighted by Gasteiger charge is 2.42. The van der Waals surface area contributed by atoms with Gasteiger partial charge in [-0.3, -0.25) is 19.2 Å². The predicted molar refractivity (Wildman–Crippen MR) is 146 cm³/mol. The lowest BCUT2D eigenvalue weighted by Gasteiger charge is -2.21. The molecule has 38 heavy (non-hydrogen) atoms. The van der Waals surface area contributed by atoms with Crippen LogP contribution in [0, 0.1) is 19.8 Å². The van der Waals surface area contributed by atoms with Gasteiger partial charge in [0.15, 0.2) is 0 Å². The van der Waals surface area contributed by atoms with Crippen molar-refractivity contribution in [1.29, 1.82) is 0 Å². The van der Waals surface area contributed by atoms with E-state index in [9.17, 15) is 19.2 Å². The average molecular weight is 592 g/mol. The number of imide groups is 1. The molecule has 0 bridgehead atoms. The molecule has 7 nitrogen and oxygen atoms in total. The molecule has 0 aromatic heterocycles. The summed E-state index contributed by atoms with van der Waals surface area (Å²) in [6, 6.07) is 11.5. The summed E-state index contributed by atoms with van der Waals surface area (Å²) >= 11 is 24.5. The summed E-state index contributed by atoms with van der Waals surface area (Å²) in [6.07, 6.45) is 0.0341. The van der Waals surface area contributed by atoms with Gasteiger partial charge in [0.2, 0.25) is 5.91 Å². The fraction of sp³-hybridized carbons (Fsp3) is 0.185. The van der Waals surface area contributed by atoms with E-state index in [-0.39, 0.29) is 61.5 Å². The van der Waals surface area contributed by atoms with Crippen molar-refractivity contribution in [1.82, 2.24) is 0 Å². The molecule has 2 aliphatic rings. The molecule has 1 atom stereocenters. The zero-order valence-electron chi connectivity index (χ0n) is 20.0. The van der Waals surface area contributed by atoms with E-state index in [1.54, 1.807) is 4.90 Å². The number of carbonyl (C=O) groups is 4. The van der Waals surface area contributed by atoms with Crippen molar-refractivity contribution in [2.45, 2.75) is 20.3 Å². The zero-order valence-corrected chi connectivity index (χ0v) is 23.0. The highest BCUT2D eigenvalue weighted by Crippen LogP contribution is 2.45. The third-order valence-corrected chi connectivity index (χ3v) is 8.38. The molecule has 1 fully saturated rings. The Bertz CT molecular complexity index is 1490. The Morgan fingerprint density at radius 3 is 1.87 bits per heavy atom. The summed E-state index contributed by atoms with van der Waals surface area (Å²) in [5, 5.41) is -0.570. The minimum absolute atomic E-state index is 0.0341. The van der Waals surface area contributed by atoms with E-state index in [1.165, 1.54) is 24.3 Å². The van der Waals surface area contributed by atoms with Gasteiger partial charge in [0.25, 0.3) is 11.8 Å². The number of para-hydroxylation sites is 1. The molecule has 5 rings (SSSR count). The molecule has 194 valence electrons. The van der Waals surface area contributed by atoms with E-state index in [4.69, 9.17) is 51.1 Å². The van der Waals surface area contributed by atoms with Crippen LogP contribution in [0.15, 0.2) is 42.5 Å². The second kappa shape index (κ2) is 9.89. The normalized spacial score (nSPS) is 16.9. The quantitative estimate of drug-likeness (QED) is 0.111. The number of hydrogen-bond acceptors (Lipinski definition) is 5. The van der Waals surface area contributed by atoms with Crippen molar-refractivity contribution >= 4 is 81.5 Å². The molecule has 0 saturated carbocycles. The molecule has 0 spiro atoms. The van der Waals surface area contributed by atoms with Crippen molar-refractivity contribution in [3.63, 3.8) is 0 Å². The number of anilines is 2. The maximum absolute atomic E-state index is 13.0. The Kier molecular flexibility index (Phi) is 6.90. The van der Waals surface area contributed by atoms with Crippen LogP contribution in [0.4, 0.5) is 11.4 Å². The van der Waals surface area contributed by atoms with Crippen molar-refractivity contribution < 1.29 is 23.9 Å². The number of carbonyl (C=O) groups excluding carboxylic acids is 4. The molecule has 0 N–H and O–H groups in total. The molecule has 2 heterocycles. The Labute approximate surface area is 237 Å². The molecule has 0 unspecified atom stereocenters. The third-order valence-electron chi connectivity index (χ3n) is 6.58. The summed E-state index contributed by atoms with van der Waals surface area (Å²) in [5.41, 5.74) is 2.64. The molecule has 3 aromatic carbocycles. The highest BCUT2D eigenvalue weighted by molar-refractivity contribution is 6.56. The molecule has 11 heteroatoms. The Balaban J connectivity index is 1.32. The number of fused-ring (bicyclic) bond motifs is 1. The number of nitrogens with zero attached hydrogens (tertiary/aromatic N) is 2. The van der Waals surface area contributed by atoms with Gasteiger partial charge in [0.05, 0.1) is 42.8 Å². The number of aryl methyl sites for hydroxylation is 2. The van der Waals surface area contributed by atoms with Crippen molar-refractivity contribution in [3.05, 3.63) is 84.8 Å². The van der Waals surface area contributed by atoms with Crippen molar-refractivity contribution in [3.8, 4) is 5.75 Å². The van der Waals surface area contributed by atoms with Crippen LogP contribution in [-0.4, -0.2) is 30.2 Å². The first-order valence-electron chi connectivity index (χ1n) is 11.4. The number of amides is 3. The SMILES string of the molecule is Cc1cccc(C)c1N1C[C@H](C(=O)Oc2ccc(N3C(=O)c4c(Cl)c(Cl)c(Cl)c(Cl)c4C3=O)cc2)CC1=O. The smallest absolute Gasteiger partial charge is 0.316 e. The molecule has 1 saturated heterocycles. The van der Waals surface area contributed by atoms with Gasteiger partial charge in [-0.2, -0.15) is 0 Å². The van der Waals surface area contributed by atoms with Gasteiger partial charge in [-0.05, 0) is 49.2 Å². The summed E-state index contributed by atoms with van der Waals surface area (Å²) < 4.78 is 5.51. The van der Waals surface area contributed by atoms with E-state index >= 15 is 0 Å². The first kappa shape index (κ1) is 26.5. The third kappa shape index (κ3) is 4.24. The van der Waals surface area contributed by atoms with Crippen LogP contribution in [0.25, 0.3) is 0 Å². The van der Waals surface area contributed by atoms with Gasteiger partial charge in [-0.15, -0.1) is 0 Å². The van der Waals surface area contributed by atoms with Crippen LogP contribution in [0.3, 0.4) is 0 Å². The maximum Gasteiger partial charge on any atom is 0.316 e. The number of ether oxygens (including phenoxy) is 1. The van der Waals surface area contributed by atoms with Gasteiger partial charge in [0.1, 0.15) is 5.75 Å². The van der Waals surface area contributed by atoms with Gasteiger partial charge in [-0.1, -0.05) is 64.6 Å². The molecule has 2 aliphatic heterocycles. The fourth-order valence-corrected chi connectivity index (χ4v) is 5.77. The molecule has 3 amide bonds. The van der Waals surface area contributed by atoms with E-state index in [2.05, 4.69) is 0 Å². The van der Waals surface area contributed by atoms with Crippen LogP contribution in [0.5, 0.6) is 5.75 Å². The minimum atomic E-state index is -0.712. The molecule has 3 aromatic rings. The van der Waals surface area contributed by atoms with E-state index < -0.39 is 23.7 Å². The average Bonchev–Trinajstić information content (AvgIpc) is 3.38. The summed E-state index contributed by atoms with van der Waals surface area (Å²) in [7, 11) is 0. The first-order chi connectivity index (χ1) is 18.0. The van der Waals surface area contributed by atoms with E-state index in [0.717, 1.165) is 21.7 Å². The zero-order chi connectivity index (χ0) is 27.5. The standard InChI is InChI=1S/C27H18Cl4N2O5/c1-12-4-3-5-13(2)24(12)32-11-14(10-17(32)34)27(37)38-16-8-6-15(7-9-16)33-25(35)18-19(26(33)36)21(29)23(31)22(30)20(18)28/h3-9,14H,10-11H2,1-2H3/t14-/m1/s1. The predicted octanol–water partition coefficient (Wildman–Crippen LogP) is 6.68. The van der Waals surface area contributed by atoms with E-state index in [0.29, 0.717) is 0 Å². The lowest BCUT2D eigenvalue weighted by Crippen LogP contribution is -2.29. The Hall–Kier alpha value is -3.10. The van der Waals surface area contributed by atoms with Gasteiger partial charge in [0, 0.05) is 18.7 Å². The van der Waals surface area contributed by atoms with Crippen molar-refractivity contribution in [2.24, 2.45) is 5.92 Å². The number of halogens is 4. The summed E-state index contributed by atoms with van der Waals surface area (Å²) in [5.74, 6) is -2.58. The number of esters is 1. The van der Waals surface area contributed by atoms with Crippen LogP contribution < -0.4 is 14.5 Å². The van der Waals surface area contributed by atoms with Gasteiger partial charge >= 0.3 is 5.97 Å². The minimum Gasteiger partial charge on any atom is -0.426 e. The molecular weight excluding hydrogens is 574 g/mol. The monoisotopic (exact) mass is 590 g/mol. The topological polar surface area (TPSA) is 84.0 Å². The Morgan fingerprint density at radius 1 is 0.816 bits per heavy atom. The molecule has 0 aliphatic carbocycles. The van der Waals surface area contributed by atoms with Gasteiger partial charge < -0.3 is 9.64 Å². The van der Waals surface area contributed by atoms with Crippen LogP contribution in [-0.2, 0) is 9.59 Å². The van der Waals surface area contributed by atoms with E-state index in [1.807, 2.05) is 32.0 Å².